The fraction of sp³-hybridized carbons (Fsp3) is 0.367. The second kappa shape index (κ2) is 16.4. The topological polar surface area (TPSA) is 55.8 Å². The summed E-state index contributed by atoms with van der Waals surface area (Å²) >= 11 is 0. The standard InChI is InChI=1S/C24H22O4.3C2H6/c25-13-4-14-27-20-10-7-18(8-11-20)24-21-12-9-19(26)15-23(21)28-16-22(24)17-5-2-1-3-6-17;3*1-2/h1-3,5-13,15,22,24,26H,4,14,16H2;3*1-2H3/t22-,24-;;;/m1.../s1. The lowest BCUT2D eigenvalue weighted by atomic mass is 9.76. The summed E-state index contributed by atoms with van der Waals surface area (Å²) in [6, 6.07) is 23.7. The Labute approximate surface area is 205 Å². The number of aldehydes is 1. The van der Waals surface area contributed by atoms with Crippen LogP contribution in [-0.2, 0) is 4.79 Å². The van der Waals surface area contributed by atoms with Gasteiger partial charge in [0.05, 0.1) is 13.2 Å². The molecule has 4 heteroatoms. The van der Waals surface area contributed by atoms with Gasteiger partial charge in [0.2, 0.25) is 0 Å². The molecule has 0 fully saturated rings. The average molecular weight is 465 g/mol. The molecule has 1 aliphatic rings. The third-order valence-corrected chi connectivity index (χ3v) is 5.12. The largest absolute Gasteiger partial charge is 0.508 e. The fourth-order valence-electron chi connectivity index (χ4n) is 3.79. The zero-order valence-electron chi connectivity index (χ0n) is 21.5. The normalized spacial score (nSPS) is 15.4. The molecule has 1 heterocycles. The maximum Gasteiger partial charge on any atom is 0.126 e. The Balaban J connectivity index is 0.000000894. The van der Waals surface area contributed by atoms with Gasteiger partial charge in [0.1, 0.15) is 23.5 Å². The van der Waals surface area contributed by atoms with Crippen LogP contribution in [0.1, 0.15) is 76.5 Å². The summed E-state index contributed by atoms with van der Waals surface area (Å²) in [7, 11) is 0. The van der Waals surface area contributed by atoms with Crippen molar-refractivity contribution in [1.29, 1.82) is 0 Å². The van der Waals surface area contributed by atoms with E-state index >= 15 is 0 Å². The van der Waals surface area contributed by atoms with Crippen LogP contribution in [0, 0.1) is 0 Å². The maximum atomic E-state index is 10.5. The second-order valence-corrected chi connectivity index (χ2v) is 6.90. The van der Waals surface area contributed by atoms with Crippen LogP contribution in [0.2, 0.25) is 0 Å². The van der Waals surface area contributed by atoms with E-state index in [0.717, 1.165) is 28.9 Å². The minimum absolute atomic E-state index is 0.107. The number of fused-ring (bicyclic) bond motifs is 1. The van der Waals surface area contributed by atoms with E-state index in [2.05, 4.69) is 24.3 Å². The minimum Gasteiger partial charge on any atom is -0.508 e. The number of aromatic hydroxyl groups is 1. The van der Waals surface area contributed by atoms with E-state index in [9.17, 15) is 9.90 Å². The van der Waals surface area contributed by atoms with Crippen molar-refractivity contribution in [2.45, 2.75) is 59.8 Å². The Hall–Kier alpha value is -3.27. The van der Waals surface area contributed by atoms with Gasteiger partial charge < -0.3 is 19.4 Å². The lowest BCUT2D eigenvalue weighted by Gasteiger charge is -2.34. The number of phenolic OH excluding ortho intramolecular Hbond substituents is 1. The van der Waals surface area contributed by atoms with Crippen molar-refractivity contribution in [2.75, 3.05) is 13.2 Å². The zero-order valence-corrected chi connectivity index (χ0v) is 21.5. The van der Waals surface area contributed by atoms with Gasteiger partial charge in [-0.25, -0.2) is 0 Å². The molecule has 0 radical (unpaired) electrons. The summed E-state index contributed by atoms with van der Waals surface area (Å²) in [5, 5.41) is 9.85. The lowest BCUT2D eigenvalue weighted by molar-refractivity contribution is -0.108. The van der Waals surface area contributed by atoms with Crippen molar-refractivity contribution in [2.24, 2.45) is 0 Å². The molecule has 0 amide bonds. The van der Waals surface area contributed by atoms with Gasteiger partial charge in [-0.1, -0.05) is 90.1 Å². The highest BCUT2D eigenvalue weighted by atomic mass is 16.5. The SMILES string of the molecule is CC.CC.CC.O=CCCOc1ccc([C@@H]2c3ccc(O)cc3OC[C@@H]2c2ccccc2)cc1. The van der Waals surface area contributed by atoms with E-state index in [-0.39, 0.29) is 17.6 Å². The van der Waals surface area contributed by atoms with Crippen LogP contribution < -0.4 is 9.47 Å². The van der Waals surface area contributed by atoms with Crippen LogP contribution in [0.15, 0.2) is 72.8 Å². The Morgan fingerprint density at radius 2 is 1.53 bits per heavy atom. The lowest BCUT2D eigenvalue weighted by Crippen LogP contribution is -2.25. The van der Waals surface area contributed by atoms with Gasteiger partial charge in [0, 0.05) is 29.9 Å². The Morgan fingerprint density at radius 3 is 2.15 bits per heavy atom. The van der Waals surface area contributed by atoms with Crippen molar-refractivity contribution in [3.05, 3.63) is 89.5 Å². The molecule has 0 spiro atoms. The first-order valence-corrected chi connectivity index (χ1v) is 12.4. The van der Waals surface area contributed by atoms with Crippen LogP contribution in [0.3, 0.4) is 0 Å². The summed E-state index contributed by atoms with van der Waals surface area (Å²) in [5.74, 6) is 1.95. The zero-order chi connectivity index (χ0) is 25.3. The molecule has 0 saturated heterocycles. The van der Waals surface area contributed by atoms with Crippen LogP contribution in [-0.4, -0.2) is 24.6 Å². The first-order chi connectivity index (χ1) is 16.8. The van der Waals surface area contributed by atoms with Gasteiger partial charge in [-0.05, 0) is 29.3 Å². The summed E-state index contributed by atoms with van der Waals surface area (Å²) in [6.07, 6.45) is 1.24. The highest BCUT2D eigenvalue weighted by Crippen LogP contribution is 2.47. The number of hydrogen-bond acceptors (Lipinski definition) is 4. The molecule has 1 aliphatic heterocycles. The van der Waals surface area contributed by atoms with E-state index in [1.807, 2.05) is 77.9 Å². The number of carbonyl (C=O) groups excluding carboxylic acids is 1. The third kappa shape index (κ3) is 7.65. The predicted octanol–water partition coefficient (Wildman–Crippen LogP) is 7.75. The highest BCUT2D eigenvalue weighted by molar-refractivity contribution is 5.51. The average Bonchev–Trinajstić information content (AvgIpc) is 2.92. The van der Waals surface area contributed by atoms with Crippen molar-refractivity contribution in [1.82, 2.24) is 0 Å². The molecule has 184 valence electrons. The van der Waals surface area contributed by atoms with Gasteiger partial charge in [-0.15, -0.1) is 0 Å². The van der Waals surface area contributed by atoms with Crippen molar-refractivity contribution >= 4 is 6.29 Å². The first-order valence-electron chi connectivity index (χ1n) is 12.4. The van der Waals surface area contributed by atoms with Crippen LogP contribution in [0.25, 0.3) is 0 Å². The second-order valence-electron chi connectivity index (χ2n) is 6.90. The van der Waals surface area contributed by atoms with Gasteiger partial charge in [-0.3, -0.25) is 0 Å². The van der Waals surface area contributed by atoms with E-state index in [1.54, 1.807) is 12.1 Å². The maximum absolute atomic E-state index is 10.5. The molecule has 0 aliphatic carbocycles. The molecule has 3 aromatic rings. The fourth-order valence-corrected chi connectivity index (χ4v) is 3.79. The Bertz CT molecular complexity index is 936. The number of phenols is 1. The number of ether oxygens (including phenoxy) is 2. The predicted molar refractivity (Wildman–Crippen MR) is 141 cm³/mol. The summed E-state index contributed by atoms with van der Waals surface area (Å²) in [6.45, 7) is 12.9. The monoisotopic (exact) mass is 464 g/mol. The third-order valence-electron chi connectivity index (χ3n) is 5.12. The summed E-state index contributed by atoms with van der Waals surface area (Å²) in [4.78, 5) is 10.5. The molecule has 0 aromatic heterocycles. The van der Waals surface area contributed by atoms with Crippen molar-refractivity contribution in [3.8, 4) is 17.2 Å². The van der Waals surface area contributed by atoms with E-state index in [4.69, 9.17) is 9.47 Å². The smallest absolute Gasteiger partial charge is 0.126 e. The van der Waals surface area contributed by atoms with Crippen LogP contribution in [0.4, 0.5) is 0 Å². The van der Waals surface area contributed by atoms with Crippen molar-refractivity contribution < 1.29 is 19.4 Å². The number of rotatable bonds is 6. The van der Waals surface area contributed by atoms with E-state index in [0.29, 0.717) is 19.6 Å². The Morgan fingerprint density at radius 1 is 0.882 bits per heavy atom. The van der Waals surface area contributed by atoms with Crippen LogP contribution in [0.5, 0.6) is 17.2 Å². The number of hydrogen-bond donors (Lipinski definition) is 1. The molecule has 34 heavy (non-hydrogen) atoms. The van der Waals surface area contributed by atoms with Gasteiger partial charge in [-0.2, -0.15) is 0 Å². The van der Waals surface area contributed by atoms with Crippen LogP contribution >= 0.6 is 0 Å². The number of benzene rings is 3. The van der Waals surface area contributed by atoms with Gasteiger partial charge in [0.15, 0.2) is 0 Å². The summed E-state index contributed by atoms with van der Waals surface area (Å²) in [5.41, 5.74) is 3.44. The summed E-state index contributed by atoms with van der Waals surface area (Å²) < 4.78 is 11.6. The first kappa shape index (κ1) is 28.8. The molecular formula is C30H40O4. The van der Waals surface area contributed by atoms with E-state index < -0.39 is 0 Å². The molecule has 4 rings (SSSR count). The van der Waals surface area contributed by atoms with E-state index in [1.165, 1.54) is 5.56 Å². The minimum atomic E-state index is 0.107. The molecule has 0 saturated carbocycles. The van der Waals surface area contributed by atoms with Crippen molar-refractivity contribution in [3.63, 3.8) is 0 Å². The molecule has 0 unspecified atom stereocenters. The quantitative estimate of drug-likeness (QED) is 0.299. The van der Waals surface area contributed by atoms with Gasteiger partial charge >= 0.3 is 0 Å². The Kier molecular flexibility index (Phi) is 13.8. The highest BCUT2D eigenvalue weighted by Gasteiger charge is 2.33. The molecule has 3 aromatic carbocycles. The molecule has 2 atom stereocenters. The molecule has 0 bridgehead atoms. The van der Waals surface area contributed by atoms with Gasteiger partial charge in [0.25, 0.3) is 0 Å². The number of carbonyl (C=O) groups is 1. The molecular weight excluding hydrogens is 424 g/mol. The molecule has 1 N–H and O–H groups in total. The molecule has 4 nitrogen and oxygen atoms in total.